The minimum Gasteiger partial charge on any atom is -0.352 e. The highest BCUT2D eigenvalue weighted by Crippen LogP contribution is 2.16. The first-order valence-electron chi connectivity index (χ1n) is 10.5. The molecule has 0 amide bonds. The maximum Gasteiger partial charge on any atom is 0.191 e. The minimum atomic E-state index is 0. The van der Waals surface area contributed by atoms with Crippen molar-refractivity contribution in [2.45, 2.75) is 32.0 Å². The van der Waals surface area contributed by atoms with Gasteiger partial charge in [-0.3, -0.25) is 15.0 Å². The van der Waals surface area contributed by atoms with Crippen molar-refractivity contribution in [3.63, 3.8) is 0 Å². The van der Waals surface area contributed by atoms with Gasteiger partial charge in [-0.05, 0) is 36.6 Å². The Kier molecular flexibility index (Phi) is 8.84. The summed E-state index contributed by atoms with van der Waals surface area (Å²) in [5.74, 6) is 1.62. The van der Waals surface area contributed by atoms with Crippen molar-refractivity contribution in [2.75, 3.05) is 20.1 Å². The summed E-state index contributed by atoms with van der Waals surface area (Å²) >= 11 is 0. The topological polar surface area (TPSA) is 81.2 Å². The molecule has 3 N–H and O–H groups in total. The van der Waals surface area contributed by atoms with Crippen molar-refractivity contribution in [3.8, 4) is 11.4 Å². The van der Waals surface area contributed by atoms with Crippen LogP contribution in [0.15, 0.2) is 65.9 Å². The molecule has 1 saturated heterocycles. The summed E-state index contributed by atoms with van der Waals surface area (Å²) in [6.45, 7) is 3.87. The Bertz CT molecular complexity index is 944. The lowest BCUT2D eigenvalue weighted by atomic mass is 10.0. The number of hydrogen-bond acceptors (Lipinski definition) is 4. The predicted molar refractivity (Wildman–Crippen MR) is 135 cm³/mol. The number of aromatic nitrogens is 3. The van der Waals surface area contributed by atoms with E-state index in [4.69, 9.17) is 0 Å². The van der Waals surface area contributed by atoms with Crippen LogP contribution in [0.4, 0.5) is 0 Å². The van der Waals surface area contributed by atoms with E-state index in [9.17, 15) is 0 Å². The van der Waals surface area contributed by atoms with Crippen LogP contribution in [-0.2, 0) is 13.1 Å². The second-order valence-corrected chi connectivity index (χ2v) is 7.66. The Balaban J connectivity index is 0.00000272. The third kappa shape index (κ3) is 6.76. The molecule has 0 radical (unpaired) electrons. The van der Waals surface area contributed by atoms with E-state index in [-0.39, 0.29) is 24.0 Å². The van der Waals surface area contributed by atoms with Gasteiger partial charge >= 0.3 is 0 Å². The number of nitrogens with zero attached hydrogens (tertiary/aromatic N) is 4. The summed E-state index contributed by atoms with van der Waals surface area (Å²) in [5, 5.41) is 13.9. The first kappa shape index (κ1) is 23.2. The van der Waals surface area contributed by atoms with Crippen LogP contribution in [0.25, 0.3) is 11.4 Å². The number of hydrogen-bond donors (Lipinski definition) is 3. The molecule has 0 bridgehead atoms. The third-order valence-electron chi connectivity index (χ3n) is 5.39. The van der Waals surface area contributed by atoms with E-state index in [0.29, 0.717) is 12.6 Å². The standard InChI is InChI=1S/C23H29N7.HI/c1-24-23(25-14-19-9-5-10-20(13-19)22-26-17-27-29-22)28-21-11-6-12-30(16-21)15-18-7-3-2-4-8-18;/h2-5,7-10,13,17,21H,6,11-12,14-16H2,1H3,(H2,24,25,28)(H,26,27,29);1H. The normalized spacial score (nSPS) is 17.1. The second-order valence-electron chi connectivity index (χ2n) is 7.66. The van der Waals surface area contributed by atoms with Gasteiger partial charge in [-0.25, -0.2) is 4.98 Å². The highest BCUT2D eigenvalue weighted by molar-refractivity contribution is 14.0. The molecule has 0 spiro atoms. The number of nitrogens with one attached hydrogen (secondary N) is 3. The summed E-state index contributed by atoms with van der Waals surface area (Å²) in [5.41, 5.74) is 3.56. The molecule has 0 aliphatic carbocycles. The number of rotatable bonds is 6. The van der Waals surface area contributed by atoms with Crippen molar-refractivity contribution in [2.24, 2.45) is 4.99 Å². The van der Waals surface area contributed by atoms with Crippen LogP contribution in [-0.4, -0.2) is 52.2 Å². The van der Waals surface area contributed by atoms with E-state index >= 15 is 0 Å². The zero-order valence-corrected chi connectivity index (χ0v) is 20.1. The monoisotopic (exact) mass is 531 g/mol. The van der Waals surface area contributed by atoms with Gasteiger partial charge in [-0.15, -0.1) is 24.0 Å². The molecule has 2 heterocycles. The zero-order valence-electron chi connectivity index (χ0n) is 17.8. The largest absolute Gasteiger partial charge is 0.352 e. The van der Waals surface area contributed by atoms with Crippen LogP contribution in [0.1, 0.15) is 24.0 Å². The van der Waals surface area contributed by atoms with Gasteiger partial charge in [0.2, 0.25) is 0 Å². The summed E-state index contributed by atoms with van der Waals surface area (Å²) in [4.78, 5) is 11.2. The molecular weight excluding hydrogens is 501 g/mol. The summed E-state index contributed by atoms with van der Waals surface area (Å²) in [6, 6.07) is 19.4. The Morgan fingerprint density at radius 2 is 2.00 bits per heavy atom. The molecule has 164 valence electrons. The molecule has 1 atom stereocenters. The molecule has 31 heavy (non-hydrogen) atoms. The molecule has 0 saturated carbocycles. The first-order valence-corrected chi connectivity index (χ1v) is 10.5. The van der Waals surface area contributed by atoms with Crippen LogP contribution in [0.5, 0.6) is 0 Å². The van der Waals surface area contributed by atoms with E-state index in [0.717, 1.165) is 43.4 Å². The average Bonchev–Trinajstić information content (AvgIpc) is 3.33. The van der Waals surface area contributed by atoms with Gasteiger partial charge in [0.1, 0.15) is 6.33 Å². The van der Waals surface area contributed by atoms with Crippen molar-refractivity contribution in [3.05, 3.63) is 72.1 Å². The summed E-state index contributed by atoms with van der Waals surface area (Å²) < 4.78 is 0. The third-order valence-corrected chi connectivity index (χ3v) is 5.39. The zero-order chi connectivity index (χ0) is 20.6. The average molecular weight is 531 g/mol. The molecule has 3 aromatic rings. The SMILES string of the molecule is CN=C(NCc1cccc(-c2ncn[nH]2)c1)NC1CCCN(Cc2ccccc2)C1.I. The number of aromatic amines is 1. The lowest BCUT2D eigenvalue weighted by Crippen LogP contribution is -2.50. The van der Waals surface area contributed by atoms with E-state index in [1.165, 1.54) is 23.9 Å². The van der Waals surface area contributed by atoms with E-state index in [1.54, 1.807) is 0 Å². The van der Waals surface area contributed by atoms with E-state index < -0.39 is 0 Å². The van der Waals surface area contributed by atoms with Crippen molar-refractivity contribution in [1.29, 1.82) is 0 Å². The lowest BCUT2D eigenvalue weighted by molar-refractivity contribution is 0.192. The van der Waals surface area contributed by atoms with Gasteiger partial charge in [0.25, 0.3) is 0 Å². The molecule has 1 aromatic heterocycles. The van der Waals surface area contributed by atoms with Crippen LogP contribution in [0.2, 0.25) is 0 Å². The fourth-order valence-electron chi connectivity index (χ4n) is 3.91. The number of aliphatic imine (C=N–C) groups is 1. The van der Waals surface area contributed by atoms with Crippen LogP contribution < -0.4 is 10.6 Å². The highest BCUT2D eigenvalue weighted by atomic mass is 127. The van der Waals surface area contributed by atoms with Crippen LogP contribution in [0, 0.1) is 0 Å². The molecule has 1 unspecified atom stereocenters. The molecule has 2 aromatic carbocycles. The first-order chi connectivity index (χ1) is 14.8. The maximum atomic E-state index is 4.43. The Hall–Kier alpha value is -2.46. The Labute approximate surface area is 200 Å². The minimum absolute atomic E-state index is 0. The fourth-order valence-corrected chi connectivity index (χ4v) is 3.91. The predicted octanol–water partition coefficient (Wildman–Crippen LogP) is 3.42. The van der Waals surface area contributed by atoms with Gasteiger partial charge in [0, 0.05) is 38.3 Å². The fraction of sp³-hybridized carbons (Fsp3) is 0.348. The van der Waals surface area contributed by atoms with Gasteiger partial charge in [0.05, 0.1) is 0 Å². The van der Waals surface area contributed by atoms with Crippen molar-refractivity contribution < 1.29 is 0 Å². The quantitative estimate of drug-likeness (QED) is 0.258. The Morgan fingerprint density at radius 1 is 1.16 bits per heavy atom. The number of H-pyrrole nitrogens is 1. The van der Waals surface area contributed by atoms with Gasteiger partial charge in [-0.2, -0.15) is 5.10 Å². The van der Waals surface area contributed by atoms with Crippen LogP contribution in [0.3, 0.4) is 0 Å². The van der Waals surface area contributed by atoms with Gasteiger partial charge in [-0.1, -0.05) is 48.5 Å². The van der Waals surface area contributed by atoms with Gasteiger partial charge in [0.15, 0.2) is 11.8 Å². The molecule has 7 nitrogen and oxygen atoms in total. The number of halogens is 1. The van der Waals surface area contributed by atoms with Crippen molar-refractivity contribution >= 4 is 29.9 Å². The maximum absolute atomic E-state index is 4.43. The van der Waals surface area contributed by atoms with Crippen molar-refractivity contribution in [1.82, 2.24) is 30.7 Å². The summed E-state index contributed by atoms with van der Waals surface area (Å²) in [7, 11) is 1.82. The molecule has 1 aliphatic rings. The molecule has 1 fully saturated rings. The lowest BCUT2D eigenvalue weighted by Gasteiger charge is -2.34. The van der Waals surface area contributed by atoms with Crippen LogP contribution >= 0.6 is 24.0 Å². The molecule has 1 aliphatic heterocycles. The van der Waals surface area contributed by atoms with Gasteiger partial charge < -0.3 is 10.6 Å². The number of guanidine groups is 1. The highest BCUT2D eigenvalue weighted by Gasteiger charge is 2.20. The van der Waals surface area contributed by atoms with E-state index in [2.05, 4.69) is 78.2 Å². The number of likely N-dealkylation sites (tertiary alicyclic amines) is 1. The molecule has 8 heteroatoms. The second kappa shape index (κ2) is 11.8. The van der Waals surface area contributed by atoms with E-state index in [1.807, 2.05) is 19.2 Å². The molecular formula is C23H30IN7. The number of piperidine rings is 1. The molecule has 4 rings (SSSR count). The smallest absolute Gasteiger partial charge is 0.191 e. The summed E-state index contributed by atoms with van der Waals surface area (Å²) in [6.07, 6.45) is 3.88. The number of benzene rings is 2. The Morgan fingerprint density at radius 3 is 2.77 bits per heavy atom.